The van der Waals surface area contributed by atoms with Crippen molar-refractivity contribution >= 4 is 23.5 Å². The first-order valence-electron chi connectivity index (χ1n) is 6.92. The minimum Gasteiger partial charge on any atom is -0.508 e. The van der Waals surface area contributed by atoms with E-state index in [4.69, 9.17) is 16.3 Å². The summed E-state index contributed by atoms with van der Waals surface area (Å²) in [5.41, 5.74) is 0.971. The number of benzene rings is 2. The zero-order chi connectivity index (χ0) is 16.8. The van der Waals surface area contributed by atoms with Crippen LogP contribution in [0.25, 0.3) is 0 Å². The van der Waals surface area contributed by atoms with Gasteiger partial charge in [-0.1, -0.05) is 35.9 Å². The number of halogens is 1. The fourth-order valence-corrected chi connectivity index (χ4v) is 2.32. The van der Waals surface area contributed by atoms with Crippen LogP contribution in [0.15, 0.2) is 48.5 Å². The van der Waals surface area contributed by atoms with Gasteiger partial charge in [-0.15, -0.1) is 0 Å². The van der Waals surface area contributed by atoms with Gasteiger partial charge in [0.05, 0.1) is 7.11 Å². The molecular weight excluding hydrogens is 318 g/mol. The van der Waals surface area contributed by atoms with Crippen molar-refractivity contribution in [2.45, 2.75) is 12.5 Å². The number of phenolic OH excluding ortho intramolecular Hbond substituents is 1. The second-order valence-corrected chi connectivity index (χ2v) is 5.30. The Morgan fingerprint density at radius 3 is 2.61 bits per heavy atom. The van der Waals surface area contributed by atoms with E-state index in [0.29, 0.717) is 5.02 Å². The molecule has 0 spiro atoms. The van der Waals surface area contributed by atoms with Crippen molar-refractivity contribution in [3.63, 3.8) is 0 Å². The van der Waals surface area contributed by atoms with Gasteiger partial charge in [0.15, 0.2) is 0 Å². The number of aromatic hydroxyl groups is 1. The summed E-state index contributed by atoms with van der Waals surface area (Å²) in [5.74, 6) is -1.08. The number of ether oxygens (including phenoxy) is 1. The van der Waals surface area contributed by atoms with Gasteiger partial charge in [-0.05, 0) is 29.8 Å². The number of hydrogen-bond donors (Lipinski definition) is 2. The van der Waals surface area contributed by atoms with Crippen molar-refractivity contribution in [2.75, 3.05) is 7.11 Å². The van der Waals surface area contributed by atoms with Gasteiger partial charge < -0.3 is 15.2 Å². The molecule has 0 aliphatic rings. The monoisotopic (exact) mass is 333 g/mol. The molecule has 5 nitrogen and oxygen atoms in total. The van der Waals surface area contributed by atoms with E-state index in [-0.39, 0.29) is 17.7 Å². The molecular formula is C17H16ClNO4. The highest BCUT2D eigenvalue weighted by Crippen LogP contribution is 2.17. The topological polar surface area (TPSA) is 75.6 Å². The molecule has 0 fully saturated rings. The Morgan fingerprint density at radius 2 is 1.96 bits per heavy atom. The highest BCUT2D eigenvalue weighted by molar-refractivity contribution is 6.31. The molecule has 1 atom stereocenters. The molecule has 1 amide bonds. The van der Waals surface area contributed by atoms with E-state index >= 15 is 0 Å². The van der Waals surface area contributed by atoms with E-state index < -0.39 is 17.9 Å². The minimum absolute atomic E-state index is 0.0293. The number of methoxy groups -OCH3 is 1. The van der Waals surface area contributed by atoms with Gasteiger partial charge in [0, 0.05) is 17.0 Å². The van der Waals surface area contributed by atoms with Gasteiger partial charge in [0.1, 0.15) is 11.8 Å². The highest BCUT2D eigenvalue weighted by Gasteiger charge is 2.23. The molecule has 0 aromatic heterocycles. The third kappa shape index (κ3) is 4.47. The molecule has 2 aromatic rings. The Labute approximate surface area is 138 Å². The van der Waals surface area contributed by atoms with Crippen molar-refractivity contribution in [3.05, 3.63) is 64.7 Å². The van der Waals surface area contributed by atoms with Crippen LogP contribution < -0.4 is 5.32 Å². The Hall–Kier alpha value is -2.53. The van der Waals surface area contributed by atoms with E-state index in [2.05, 4.69) is 5.32 Å². The number of phenols is 1. The minimum atomic E-state index is -0.880. The maximum atomic E-state index is 12.2. The molecule has 120 valence electrons. The molecule has 2 rings (SSSR count). The Bertz CT molecular complexity index is 717. The van der Waals surface area contributed by atoms with Crippen molar-refractivity contribution in [3.8, 4) is 5.75 Å². The molecule has 0 radical (unpaired) electrons. The van der Waals surface area contributed by atoms with Crippen molar-refractivity contribution in [2.24, 2.45) is 0 Å². The average Bonchev–Trinajstić information content (AvgIpc) is 2.55. The molecule has 2 aromatic carbocycles. The Balaban J connectivity index is 2.17. The predicted octanol–water partition coefficient (Wildman–Crippen LogP) is 2.56. The van der Waals surface area contributed by atoms with E-state index in [1.54, 1.807) is 36.4 Å². The summed E-state index contributed by atoms with van der Waals surface area (Å²) < 4.78 is 4.74. The summed E-state index contributed by atoms with van der Waals surface area (Å²) in [5, 5.41) is 12.5. The molecule has 2 N–H and O–H groups in total. The smallest absolute Gasteiger partial charge is 0.328 e. The first-order valence-corrected chi connectivity index (χ1v) is 7.30. The summed E-state index contributed by atoms with van der Waals surface area (Å²) in [7, 11) is 1.25. The first-order chi connectivity index (χ1) is 11.0. The van der Waals surface area contributed by atoms with Gasteiger partial charge in [0.2, 0.25) is 0 Å². The third-order valence-electron chi connectivity index (χ3n) is 3.28. The van der Waals surface area contributed by atoms with Crippen molar-refractivity contribution < 1.29 is 19.4 Å². The van der Waals surface area contributed by atoms with Gasteiger partial charge in [-0.25, -0.2) is 4.79 Å². The van der Waals surface area contributed by atoms with E-state index in [9.17, 15) is 14.7 Å². The van der Waals surface area contributed by atoms with Crippen LogP contribution in [0.5, 0.6) is 5.75 Å². The lowest BCUT2D eigenvalue weighted by atomic mass is 10.1. The fraction of sp³-hybridized carbons (Fsp3) is 0.176. The van der Waals surface area contributed by atoms with Crippen LogP contribution in [0, 0.1) is 0 Å². The molecule has 0 saturated heterocycles. The summed E-state index contributed by atoms with van der Waals surface area (Å²) >= 11 is 6.09. The number of nitrogens with one attached hydrogen (secondary N) is 1. The first kappa shape index (κ1) is 16.8. The van der Waals surface area contributed by atoms with Gasteiger partial charge in [-0.2, -0.15) is 0 Å². The molecule has 0 unspecified atom stereocenters. The van der Waals surface area contributed by atoms with Gasteiger partial charge in [0.25, 0.3) is 5.91 Å². The van der Waals surface area contributed by atoms with Crippen molar-refractivity contribution in [1.82, 2.24) is 5.32 Å². The maximum Gasteiger partial charge on any atom is 0.328 e. The highest BCUT2D eigenvalue weighted by atomic mass is 35.5. The van der Waals surface area contributed by atoms with Crippen LogP contribution >= 0.6 is 11.6 Å². The number of esters is 1. The second kappa shape index (κ2) is 7.65. The van der Waals surface area contributed by atoms with Crippen LogP contribution in [-0.2, 0) is 16.0 Å². The molecule has 0 bridgehead atoms. The van der Waals surface area contributed by atoms with Crippen LogP contribution in [0.3, 0.4) is 0 Å². The lowest BCUT2D eigenvalue weighted by molar-refractivity contribution is -0.142. The Morgan fingerprint density at radius 1 is 1.22 bits per heavy atom. The van der Waals surface area contributed by atoms with E-state index in [1.807, 2.05) is 0 Å². The van der Waals surface area contributed by atoms with Crippen LogP contribution in [0.4, 0.5) is 0 Å². The molecule has 0 heterocycles. The summed E-state index contributed by atoms with van der Waals surface area (Å²) in [6.45, 7) is 0. The van der Waals surface area contributed by atoms with E-state index in [0.717, 1.165) is 5.56 Å². The molecule has 6 heteroatoms. The number of hydrogen-bond acceptors (Lipinski definition) is 4. The van der Waals surface area contributed by atoms with Crippen LogP contribution in [0.1, 0.15) is 15.9 Å². The lowest BCUT2D eigenvalue weighted by Gasteiger charge is -2.17. The molecule has 0 aliphatic heterocycles. The predicted molar refractivity (Wildman–Crippen MR) is 86.5 cm³/mol. The molecule has 0 saturated carbocycles. The van der Waals surface area contributed by atoms with Crippen LogP contribution in [-0.4, -0.2) is 30.1 Å². The largest absolute Gasteiger partial charge is 0.508 e. The second-order valence-electron chi connectivity index (χ2n) is 4.90. The molecule has 23 heavy (non-hydrogen) atoms. The normalized spacial score (nSPS) is 11.6. The third-order valence-corrected chi connectivity index (χ3v) is 3.65. The van der Waals surface area contributed by atoms with E-state index in [1.165, 1.54) is 19.2 Å². The zero-order valence-electron chi connectivity index (χ0n) is 12.5. The standard InChI is InChI=1S/C17H16ClNO4/c1-23-17(22)15(10-11-5-2-3-8-14(11)18)19-16(21)12-6-4-7-13(20)9-12/h2-9,15,20H,10H2,1H3,(H,19,21)/t15-/m0/s1. The zero-order valence-corrected chi connectivity index (χ0v) is 13.2. The SMILES string of the molecule is COC(=O)[C@H](Cc1ccccc1Cl)NC(=O)c1cccc(O)c1. The number of carbonyl (C=O) groups excluding carboxylic acids is 2. The number of rotatable bonds is 5. The number of carbonyl (C=O) groups is 2. The van der Waals surface area contributed by atoms with Gasteiger partial charge >= 0.3 is 5.97 Å². The Kier molecular flexibility index (Phi) is 5.60. The van der Waals surface area contributed by atoms with Crippen molar-refractivity contribution in [1.29, 1.82) is 0 Å². The quantitative estimate of drug-likeness (QED) is 0.825. The lowest BCUT2D eigenvalue weighted by Crippen LogP contribution is -2.43. The van der Waals surface area contributed by atoms with Crippen LogP contribution in [0.2, 0.25) is 5.02 Å². The average molecular weight is 334 g/mol. The molecule has 0 aliphatic carbocycles. The summed E-state index contributed by atoms with van der Waals surface area (Å²) in [6, 6.07) is 12.1. The van der Waals surface area contributed by atoms with Gasteiger partial charge in [-0.3, -0.25) is 4.79 Å². The summed E-state index contributed by atoms with van der Waals surface area (Å²) in [6.07, 6.45) is 0.205. The fourth-order valence-electron chi connectivity index (χ4n) is 2.11. The summed E-state index contributed by atoms with van der Waals surface area (Å²) in [4.78, 5) is 24.2. The maximum absolute atomic E-state index is 12.2. The number of amides is 1.